The zero-order valence-corrected chi connectivity index (χ0v) is 22.8. The van der Waals surface area contributed by atoms with Gasteiger partial charge >= 0.3 is 6.09 Å². The van der Waals surface area contributed by atoms with Crippen molar-refractivity contribution in [3.05, 3.63) is 60.0 Å². The molecular formula is C28H25N5O7S. The summed E-state index contributed by atoms with van der Waals surface area (Å²) in [5.41, 5.74) is 4.78. The van der Waals surface area contributed by atoms with Crippen molar-refractivity contribution in [1.29, 1.82) is 0 Å². The smallest absolute Gasteiger partial charge is 0.411 e. The molecule has 1 amide bonds. The number of ether oxygens (including phenoxy) is 4. The van der Waals surface area contributed by atoms with Crippen LogP contribution in [0.2, 0.25) is 0 Å². The summed E-state index contributed by atoms with van der Waals surface area (Å²) in [5, 5.41) is 22.0. The third-order valence-corrected chi connectivity index (χ3v) is 7.44. The fraction of sp³-hybridized carbons (Fsp3) is 0.250. The van der Waals surface area contributed by atoms with Gasteiger partial charge in [-0.1, -0.05) is 0 Å². The summed E-state index contributed by atoms with van der Waals surface area (Å²) < 4.78 is 23.5. The quantitative estimate of drug-likeness (QED) is 0.257. The summed E-state index contributed by atoms with van der Waals surface area (Å²) in [7, 11) is 1.56. The molecule has 13 heteroatoms. The number of thiazole rings is 1. The summed E-state index contributed by atoms with van der Waals surface area (Å²) in [6.45, 7) is 1.69. The standard InChI is InChI=1S/C28H25N5O7S/c1-14-7-17(24-20(8-14)32-23(37-2)10-30-24)27-33-19-5-6-22-25(26(19)41-27)38-12-16(40-22)13-39-28(36)31-15-3-4-18(29-9-15)21(35)11-34/h3-10,16,21,34-35H,11-13H2,1-2H3,(H,31,36)/t16-,21-/m1/s1. The van der Waals surface area contributed by atoms with Gasteiger partial charge in [-0.25, -0.2) is 19.7 Å². The zero-order valence-electron chi connectivity index (χ0n) is 22.0. The van der Waals surface area contributed by atoms with Crippen LogP contribution in [0, 0.1) is 6.92 Å². The molecule has 41 heavy (non-hydrogen) atoms. The minimum absolute atomic E-state index is 0.0383. The minimum atomic E-state index is -1.08. The second-order valence-corrected chi connectivity index (χ2v) is 10.3. The Morgan fingerprint density at radius 2 is 2.05 bits per heavy atom. The summed E-state index contributed by atoms with van der Waals surface area (Å²) in [5.74, 6) is 1.57. The normalized spacial score (nSPS) is 15.1. The number of aromatic nitrogens is 4. The van der Waals surface area contributed by atoms with E-state index in [4.69, 9.17) is 29.0 Å². The Bertz CT molecular complexity index is 1740. The summed E-state index contributed by atoms with van der Waals surface area (Å²) in [4.78, 5) is 30.2. The number of fused-ring (bicyclic) bond motifs is 4. The average molecular weight is 576 g/mol. The van der Waals surface area contributed by atoms with Gasteiger partial charge in [-0.05, 0) is 48.9 Å². The highest BCUT2D eigenvalue weighted by molar-refractivity contribution is 7.22. The van der Waals surface area contributed by atoms with E-state index >= 15 is 0 Å². The maximum Gasteiger partial charge on any atom is 0.411 e. The van der Waals surface area contributed by atoms with E-state index in [2.05, 4.69) is 20.3 Å². The number of anilines is 1. The molecule has 0 saturated heterocycles. The third kappa shape index (κ3) is 5.42. The number of carbonyl (C=O) groups excluding carboxylic acids is 1. The van der Waals surface area contributed by atoms with E-state index in [1.807, 2.05) is 25.1 Å². The predicted molar refractivity (Wildman–Crippen MR) is 151 cm³/mol. The Kier molecular flexibility index (Phi) is 7.22. The van der Waals surface area contributed by atoms with Crippen LogP contribution in [0.3, 0.4) is 0 Å². The molecule has 0 saturated carbocycles. The zero-order chi connectivity index (χ0) is 28.5. The van der Waals surface area contributed by atoms with Crippen LogP contribution in [0.15, 0.2) is 48.8 Å². The number of nitrogens with zero attached hydrogens (tertiary/aromatic N) is 4. The molecule has 2 aromatic carbocycles. The van der Waals surface area contributed by atoms with Crippen LogP contribution in [-0.4, -0.2) is 69.3 Å². The van der Waals surface area contributed by atoms with Crippen molar-refractivity contribution in [2.24, 2.45) is 0 Å². The lowest BCUT2D eigenvalue weighted by Crippen LogP contribution is -2.35. The number of rotatable bonds is 7. The number of nitrogens with one attached hydrogen (secondary N) is 1. The molecule has 3 N–H and O–H groups in total. The molecule has 4 heterocycles. The molecule has 1 aliphatic rings. The van der Waals surface area contributed by atoms with Crippen LogP contribution in [0.25, 0.3) is 31.8 Å². The van der Waals surface area contributed by atoms with E-state index < -0.39 is 24.9 Å². The number of benzene rings is 2. The van der Waals surface area contributed by atoms with Crippen molar-refractivity contribution in [1.82, 2.24) is 19.9 Å². The highest BCUT2D eigenvalue weighted by Crippen LogP contribution is 2.44. The topological polar surface area (TPSA) is 158 Å². The summed E-state index contributed by atoms with van der Waals surface area (Å²) >= 11 is 1.48. The molecule has 2 atom stereocenters. The van der Waals surface area contributed by atoms with E-state index in [-0.39, 0.29) is 13.2 Å². The monoisotopic (exact) mass is 575 g/mol. The van der Waals surface area contributed by atoms with Gasteiger partial charge in [-0.2, -0.15) is 0 Å². The molecule has 3 aromatic heterocycles. The maximum atomic E-state index is 12.3. The van der Waals surface area contributed by atoms with Gasteiger partial charge in [0.2, 0.25) is 5.88 Å². The molecular weight excluding hydrogens is 550 g/mol. The molecule has 6 rings (SSSR count). The number of pyridine rings is 1. The van der Waals surface area contributed by atoms with E-state index in [0.29, 0.717) is 28.8 Å². The van der Waals surface area contributed by atoms with Crippen LogP contribution in [0.1, 0.15) is 17.4 Å². The van der Waals surface area contributed by atoms with Gasteiger partial charge in [-0.3, -0.25) is 10.3 Å². The molecule has 12 nitrogen and oxygen atoms in total. The fourth-order valence-electron chi connectivity index (χ4n) is 4.37. The fourth-order valence-corrected chi connectivity index (χ4v) is 5.44. The molecule has 0 radical (unpaired) electrons. The van der Waals surface area contributed by atoms with Crippen molar-refractivity contribution in [3.8, 4) is 28.0 Å². The Balaban J connectivity index is 1.15. The Morgan fingerprint density at radius 3 is 2.83 bits per heavy atom. The highest BCUT2D eigenvalue weighted by Gasteiger charge is 2.26. The van der Waals surface area contributed by atoms with Crippen LogP contribution in [0.4, 0.5) is 10.5 Å². The van der Waals surface area contributed by atoms with Gasteiger partial charge in [0.25, 0.3) is 0 Å². The van der Waals surface area contributed by atoms with Gasteiger partial charge in [0, 0.05) is 5.56 Å². The number of hydrogen-bond donors (Lipinski definition) is 3. The van der Waals surface area contributed by atoms with Gasteiger partial charge in [-0.15, -0.1) is 11.3 Å². The van der Waals surface area contributed by atoms with Crippen LogP contribution in [-0.2, 0) is 4.74 Å². The third-order valence-electron chi connectivity index (χ3n) is 6.34. The first-order valence-electron chi connectivity index (χ1n) is 12.6. The number of aryl methyl sites for hydroxylation is 1. The van der Waals surface area contributed by atoms with Crippen molar-refractivity contribution >= 4 is 44.4 Å². The van der Waals surface area contributed by atoms with E-state index in [1.165, 1.54) is 23.6 Å². The van der Waals surface area contributed by atoms with E-state index in [1.54, 1.807) is 25.4 Å². The lowest BCUT2D eigenvalue weighted by Gasteiger charge is -2.26. The number of carbonyl (C=O) groups is 1. The van der Waals surface area contributed by atoms with Gasteiger partial charge in [0.1, 0.15) is 29.0 Å². The lowest BCUT2D eigenvalue weighted by molar-refractivity contribution is 0.0383. The van der Waals surface area contributed by atoms with Crippen molar-refractivity contribution in [3.63, 3.8) is 0 Å². The Morgan fingerprint density at radius 1 is 1.17 bits per heavy atom. The summed E-state index contributed by atoms with van der Waals surface area (Å²) in [6, 6.07) is 10.7. The number of aliphatic hydroxyl groups is 2. The largest absolute Gasteiger partial charge is 0.484 e. The molecule has 0 fully saturated rings. The number of aliphatic hydroxyl groups excluding tert-OH is 2. The highest BCUT2D eigenvalue weighted by atomic mass is 32.1. The van der Waals surface area contributed by atoms with Gasteiger partial charge < -0.3 is 29.2 Å². The number of hydrogen-bond acceptors (Lipinski definition) is 12. The first-order chi connectivity index (χ1) is 19.9. The van der Waals surface area contributed by atoms with E-state index in [9.17, 15) is 9.90 Å². The van der Waals surface area contributed by atoms with Gasteiger partial charge in [0.15, 0.2) is 17.6 Å². The van der Waals surface area contributed by atoms with Crippen LogP contribution in [0.5, 0.6) is 17.4 Å². The maximum absolute atomic E-state index is 12.3. The molecule has 0 aliphatic carbocycles. The average Bonchev–Trinajstić information content (AvgIpc) is 3.44. The Labute approximate surface area is 237 Å². The van der Waals surface area contributed by atoms with Crippen molar-refractivity contribution in [2.45, 2.75) is 19.1 Å². The molecule has 1 aliphatic heterocycles. The molecule has 5 aromatic rings. The van der Waals surface area contributed by atoms with Crippen molar-refractivity contribution < 1.29 is 34.0 Å². The second kappa shape index (κ2) is 11.1. The SMILES string of the molecule is COc1cnc2c(-c3nc4ccc5c(c4s3)OC[C@H](COC(=O)Nc3ccc([C@H](O)CO)nc3)O5)cc(C)cc2n1. The Hall–Kier alpha value is -4.59. The lowest BCUT2D eigenvalue weighted by atomic mass is 10.1. The number of methoxy groups -OCH3 is 1. The van der Waals surface area contributed by atoms with Crippen LogP contribution < -0.4 is 19.5 Å². The first-order valence-corrected chi connectivity index (χ1v) is 13.5. The molecule has 0 bridgehead atoms. The van der Waals surface area contributed by atoms with Gasteiger partial charge in [0.05, 0.1) is 54.0 Å². The number of amides is 1. The predicted octanol–water partition coefficient (Wildman–Crippen LogP) is 4.03. The molecule has 0 unspecified atom stereocenters. The van der Waals surface area contributed by atoms with E-state index in [0.717, 1.165) is 37.4 Å². The molecule has 210 valence electrons. The second-order valence-electron chi connectivity index (χ2n) is 9.30. The first kappa shape index (κ1) is 26.6. The summed E-state index contributed by atoms with van der Waals surface area (Å²) in [6.07, 6.45) is 0.673. The molecule has 0 spiro atoms. The van der Waals surface area contributed by atoms with Crippen LogP contribution >= 0.6 is 11.3 Å². The minimum Gasteiger partial charge on any atom is -0.484 e. The van der Waals surface area contributed by atoms with Crippen molar-refractivity contribution in [2.75, 3.05) is 32.2 Å².